The second-order valence-electron chi connectivity index (χ2n) is 10.4. The van der Waals surface area contributed by atoms with E-state index in [1.54, 1.807) is 31.4 Å². The predicted molar refractivity (Wildman–Crippen MR) is 175 cm³/mol. The normalized spacial score (nSPS) is 17.0. The molecule has 0 spiro atoms. The van der Waals surface area contributed by atoms with Crippen molar-refractivity contribution in [2.45, 2.75) is 31.0 Å². The lowest BCUT2D eigenvalue weighted by Crippen LogP contribution is -2.49. The lowest BCUT2D eigenvalue weighted by Gasteiger charge is -2.31. The van der Waals surface area contributed by atoms with Gasteiger partial charge in [-0.15, -0.1) is 0 Å². The Bertz CT molecular complexity index is 1690. The Morgan fingerprint density at radius 3 is 2.44 bits per heavy atom. The van der Waals surface area contributed by atoms with Crippen LogP contribution in [0.15, 0.2) is 112 Å². The van der Waals surface area contributed by atoms with E-state index in [1.807, 2.05) is 72.8 Å². The number of rotatable bonds is 13. The molecular formula is C34H32BrN5O5. The molecule has 0 unspecified atom stereocenters. The van der Waals surface area contributed by atoms with E-state index in [0.717, 1.165) is 21.3 Å². The summed E-state index contributed by atoms with van der Waals surface area (Å²) in [6.45, 7) is 0.687. The van der Waals surface area contributed by atoms with E-state index in [0.29, 0.717) is 41.5 Å². The smallest absolute Gasteiger partial charge is 0.252 e. The molecule has 4 aromatic carbocycles. The van der Waals surface area contributed by atoms with Crippen LogP contribution in [0.1, 0.15) is 34.8 Å². The molecule has 0 aliphatic carbocycles. The number of methoxy groups -OCH3 is 1. The zero-order chi connectivity index (χ0) is 31.6. The van der Waals surface area contributed by atoms with Gasteiger partial charge in [0.2, 0.25) is 5.90 Å². The fraction of sp³-hybridized carbons (Fsp3) is 0.235. The molecule has 1 aliphatic rings. The number of aliphatic imine (C=N–C) groups is 1. The number of nitrogens with one attached hydrogen (secondary N) is 1. The number of ether oxygens (including phenoxy) is 3. The van der Waals surface area contributed by atoms with Gasteiger partial charge < -0.3 is 24.6 Å². The molecule has 45 heavy (non-hydrogen) atoms. The summed E-state index contributed by atoms with van der Waals surface area (Å²) in [5.74, 6) is 1.31. The summed E-state index contributed by atoms with van der Waals surface area (Å²) in [6.07, 6.45) is -0.183. The van der Waals surface area contributed by atoms with E-state index in [4.69, 9.17) is 24.3 Å². The molecule has 10 nitrogen and oxygen atoms in total. The zero-order valence-corrected chi connectivity index (χ0v) is 26.2. The Hall–Kier alpha value is -4.83. The summed E-state index contributed by atoms with van der Waals surface area (Å²) in [7, 11) is 1.60. The summed E-state index contributed by atoms with van der Waals surface area (Å²) in [5.41, 5.74) is 11.1. The quantitative estimate of drug-likeness (QED) is 0.0685. The molecule has 230 valence electrons. The number of azide groups is 1. The molecule has 0 radical (unpaired) electrons. The first-order valence-corrected chi connectivity index (χ1v) is 15.2. The third-order valence-corrected chi connectivity index (χ3v) is 7.95. The van der Waals surface area contributed by atoms with E-state index in [2.05, 4.69) is 31.3 Å². The molecule has 0 saturated heterocycles. The van der Waals surface area contributed by atoms with Crippen LogP contribution in [0.25, 0.3) is 10.4 Å². The number of aliphatic hydroxyl groups excluding tert-OH is 1. The maximum Gasteiger partial charge on any atom is 0.252 e. The molecule has 0 saturated carbocycles. The summed E-state index contributed by atoms with van der Waals surface area (Å²) in [5, 5.41) is 16.0. The first-order valence-electron chi connectivity index (χ1n) is 14.4. The van der Waals surface area contributed by atoms with Gasteiger partial charge in [0.25, 0.3) is 5.91 Å². The van der Waals surface area contributed by atoms with Crippen molar-refractivity contribution >= 4 is 33.4 Å². The highest BCUT2D eigenvalue weighted by atomic mass is 79.9. The van der Waals surface area contributed by atoms with E-state index in [9.17, 15) is 10.3 Å². The van der Waals surface area contributed by atoms with Gasteiger partial charge in [-0.3, -0.25) is 4.79 Å². The van der Waals surface area contributed by atoms with Gasteiger partial charge in [0.15, 0.2) is 11.6 Å². The third-order valence-electron chi connectivity index (χ3n) is 7.42. The summed E-state index contributed by atoms with van der Waals surface area (Å²) in [6, 6.07) is 29.4. The lowest BCUT2D eigenvalue weighted by atomic mass is 9.81. The Balaban J connectivity index is 1.58. The monoisotopic (exact) mass is 669 g/mol. The Kier molecular flexibility index (Phi) is 10.4. The lowest BCUT2D eigenvalue weighted by molar-refractivity contribution is -0.129. The average Bonchev–Trinajstić information content (AvgIpc) is 3.46. The second-order valence-corrected chi connectivity index (χ2v) is 11.3. The van der Waals surface area contributed by atoms with E-state index in [1.165, 1.54) is 0 Å². The number of hydrogen-bond acceptors (Lipinski definition) is 7. The Morgan fingerprint density at radius 1 is 1.04 bits per heavy atom. The molecule has 1 heterocycles. The van der Waals surface area contributed by atoms with Gasteiger partial charge in [-0.25, -0.2) is 4.99 Å². The van der Waals surface area contributed by atoms with Crippen LogP contribution >= 0.6 is 15.9 Å². The van der Waals surface area contributed by atoms with Crippen LogP contribution in [0.5, 0.6) is 11.5 Å². The minimum absolute atomic E-state index is 0.0472. The highest BCUT2D eigenvalue weighted by Gasteiger charge is 2.53. The van der Waals surface area contributed by atoms with Gasteiger partial charge in [-0.1, -0.05) is 69.6 Å². The maximum absolute atomic E-state index is 14.5. The number of carbonyl (C=O) groups excluding carboxylic acids is 1. The first-order chi connectivity index (χ1) is 22.0. The van der Waals surface area contributed by atoms with Crippen molar-refractivity contribution < 1.29 is 24.1 Å². The number of hydrogen-bond donors (Lipinski definition) is 2. The molecule has 5 rings (SSSR count). The van der Waals surface area contributed by atoms with Gasteiger partial charge in [-0.05, 0) is 70.8 Å². The van der Waals surface area contributed by atoms with Crippen molar-refractivity contribution in [2.24, 2.45) is 10.1 Å². The third kappa shape index (κ3) is 7.46. The second kappa shape index (κ2) is 14.8. The maximum atomic E-state index is 14.5. The van der Waals surface area contributed by atoms with Crippen LogP contribution < -0.4 is 14.8 Å². The van der Waals surface area contributed by atoms with Gasteiger partial charge in [-0.2, -0.15) is 0 Å². The minimum atomic E-state index is -1.47. The molecule has 1 aliphatic heterocycles. The molecule has 0 aromatic heterocycles. The predicted octanol–water partition coefficient (Wildman–Crippen LogP) is 6.98. The van der Waals surface area contributed by atoms with Gasteiger partial charge >= 0.3 is 0 Å². The van der Waals surface area contributed by atoms with Crippen molar-refractivity contribution in [3.05, 3.63) is 134 Å². The van der Waals surface area contributed by atoms with Gasteiger partial charge in [0.05, 0.1) is 13.7 Å². The number of aliphatic hydroxyl groups is 1. The topological polar surface area (TPSA) is 138 Å². The Morgan fingerprint density at radius 2 is 1.76 bits per heavy atom. The minimum Gasteiger partial charge on any atom is -0.497 e. The zero-order valence-electron chi connectivity index (χ0n) is 24.6. The first kappa shape index (κ1) is 31.6. The van der Waals surface area contributed by atoms with Crippen molar-refractivity contribution in [1.29, 1.82) is 0 Å². The van der Waals surface area contributed by atoms with Crippen LogP contribution in [0.4, 0.5) is 5.69 Å². The highest BCUT2D eigenvalue weighted by molar-refractivity contribution is 9.10. The number of amides is 1. The van der Waals surface area contributed by atoms with Crippen molar-refractivity contribution in [3.8, 4) is 11.5 Å². The van der Waals surface area contributed by atoms with Gasteiger partial charge in [0, 0.05) is 46.6 Å². The molecule has 0 bridgehead atoms. The highest BCUT2D eigenvalue weighted by Crippen LogP contribution is 2.44. The molecular weight excluding hydrogens is 638 g/mol. The van der Waals surface area contributed by atoms with Crippen LogP contribution in [-0.2, 0) is 22.5 Å². The Labute approximate surface area is 269 Å². The number of carbonyl (C=O) groups is 1. The van der Waals surface area contributed by atoms with Crippen molar-refractivity contribution in [3.63, 3.8) is 0 Å². The fourth-order valence-electron chi connectivity index (χ4n) is 5.10. The van der Waals surface area contributed by atoms with Crippen molar-refractivity contribution in [1.82, 2.24) is 5.32 Å². The SMILES string of the molecule is COc1ccc(CNC(=O)[C@]2(Cc3ccccc3N=[N+]=[N-])N=C(c3ccc(OCCCO)cc3)O[C@@H]2c2ccc(Br)cc2)cc1. The molecule has 0 fully saturated rings. The van der Waals surface area contributed by atoms with Crippen LogP contribution in [-0.4, -0.2) is 42.8 Å². The molecule has 2 atom stereocenters. The van der Waals surface area contributed by atoms with E-state index >= 15 is 0 Å². The average molecular weight is 671 g/mol. The molecule has 4 aromatic rings. The van der Waals surface area contributed by atoms with E-state index in [-0.39, 0.29) is 25.5 Å². The largest absolute Gasteiger partial charge is 0.497 e. The summed E-state index contributed by atoms with van der Waals surface area (Å²) < 4.78 is 18.4. The number of benzene rings is 4. The molecule has 11 heteroatoms. The molecule has 1 amide bonds. The van der Waals surface area contributed by atoms with Crippen LogP contribution in [0, 0.1) is 0 Å². The standard InChI is InChI=1S/C34H32BrN5O5/c1-43-28-15-7-23(8-16-28)22-37-33(42)34(21-26-5-2-3-6-30(26)39-40-36)31(24-9-13-27(35)14-10-24)45-32(38-34)25-11-17-29(18-12-25)44-20-4-19-41/h2-3,5-18,31,41H,4,19-22H2,1H3,(H,37,42)/t31-,34-/m1/s1. The van der Waals surface area contributed by atoms with Crippen molar-refractivity contribution in [2.75, 3.05) is 20.3 Å². The number of nitrogens with zero attached hydrogens (tertiary/aromatic N) is 4. The molecule has 2 N–H and O–H groups in total. The van der Waals surface area contributed by atoms with Crippen LogP contribution in [0.3, 0.4) is 0 Å². The van der Waals surface area contributed by atoms with Gasteiger partial charge in [0.1, 0.15) is 11.5 Å². The van der Waals surface area contributed by atoms with Crippen LogP contribution in [0.2, 0.25) is 0 Å². The fourth-order valence-corrected chi connectivity index (χ4v) is 5.36. The number of halogens is 1. The van der Waals surface area contributed by atoms with E-state index < -0.39 is 11.6 Å². The summed E-state index contributed by atoms with van der Waals surface area (Å²) >= 11 is 3.50. The summed E-state index contributed by atoms with van der Waals surface area (Å²) in [4.78, 5) is 22.5.